The van der Waals surface area contributed by atoms with E-state index in [1.54, 1.807) is 31.7 Å². The molecule has 0 bridgehead atoms. The van der Waals surface area contributed by atoms with Crippen LogP contribution in [0.15, 0.2) is 30.9 Å². The number of nitrogens with one attached hydrogen (secondary N) is 1. The van der Waals surface area contributed by atoms with Gasteiger partial charge < -0.3 is 10.2 Å². The lowest BCUT2D eigenvalue weighted by molar-refractivity contribution is -0.127. The summed E-state index contributed by atoms with van der Waals surface area (Å²) >= 11 is 0. The van der Waals surface area contributed by atoms with Crippen LogP contribution in [0.3, 0.4) is 0 Å². The SMILES string of the molecule is CC(=O)N1CC[C@@H](c2ccnc(Nc3cnccn3)n2)C1. The molecular weight excluding hydrogens is 268 g/mol. The van der Waals surface area contributed by atoms with E-state index in [0.29, 0.717) is 11.8 Å². The lowest BCUT2D eigenvalue weighted by atomic mass is 10.1. The molecule has 21 heavy (non-hydrogen) atoms. The molecular formula is C14H16N6O. The number of carbonyl (C=O) groups is 1. The molecule has 2 aromatic rings. The zero-order chi connectivity index (χ0) is 14.7. The Kier molecular flexibility index (Phi) is 3.72. The van der Waals surface area contributed by atoms with Crippen molar-refractivity contribution >= 4 is 17.7 Å². The number of anilines is 2. The molecule has 1 atom stereocenters. The topological polar surface area (TPSA) is 83.9 Å². The molecule has 0 saturated carbocycles. The minimum absolute atomic E-state index is 0.115. The summed E-state index contributed by atoms with van der Waals surface area (Å²) in [5.74, 6) is 1.48. The molecule has 0 unspecified atom stereocenters. The van der Waals surface area contributed by atoms with E-state index in [9.17, 15) is 4.79 Å². The summed E-state index contributed by atoms with van der Waals surface area (Å²) in [7, 11) is 0. The van der Waals surface area contributed by atoms with Gasteiger partial charge in [-0.05, 0) is 12.5 Å². The summed E-state index contributed by atoms with van der Waals surface area (Å²) in [5.41, 5.74) is 0.945. The molecule has 1 saturated heterocycles. The molecule has 1 N–H and O–H groups in total. The third-order valence-corrected chi connectivity index (χ3v) is 3.53. The molecule has 7 heteroatoms. The quantitative estimate of drug-likeness (QED) is 0.915. The zero-order valence-corrected chi connectivity index (χ0v) is 11.7. The average molecular weight is 284 g/mol. The van der Waals surface area contributed by atoms with Crippen molar-refractivity contribution in [3.63, 3.8) is 0 Å². The first-order valence-electron chi connectivity index (χ1n) is 6.84. The predicted molar refractivity (Wildman–Crippen MR) is 77.0 cm³/mol. The average Bonchev–Trinajstić information content (AvgIpc) is 2.99. The summed E-state index contributed by atoms with van der Waals surface area (Å²) in [5, 5.41) is 3.03. The van der Waals surface area contributed by atoms with Crippen LogP contribution in [0.2, 0.25) is 0 Å². The van der Waals surface area contributed by atoms with Gasteiger partial charge in [-0.25, -0.2) is 15.0 Å². The van der Waals surface area contributed by atoms with Gasteiger partial charge in [-0.2, -0.15) is 0 Å². The fourth-order valence-electron chi connectivity index (χ4n) is 2.43. The Morgan fingerprint density at radius 1 is 1.33 bits per heavy atom. The fraction of sp³-hybridized carbons (Fsp3) is 0.357. The normalized spacial score (nSPS) is 17.8. The second kappa shape index (κ2) is 5.82. The zero-order valence-electron chi connectivity index (χ0n) is 11.7. The molecule has 108 valence electrons. The standard InChI is InChI=1S/C14H16N6O/c1-10(21)20-7-3-11(9-20)12-2-4-17-14(18-12)19-13-8-15-5-6-16-13/h2,4-6,8,11H,3,7,9H2,1H3,(H,16,17,18,19)/t11-/m1/s1. The summed E-state index contributed by atoms with van der Waals surface area (Å²) in [6.07, 6.45) is 7.48. The highest BCUT2D eigenvalue weighted by molar-refractivity contribution is 5.73. The molecule has 0 spiro atoms. The number of hydrogen-bond donors (Lipinski definition) is 1. The van der Waals surface area contributed by atoms with Crippen molar-refractivity contribution in [3.8, 4) is 0 Å². The van der Waals surface area contributed by atoms with E-state index in [1.807, 2.05) is 11.0 Å². The highest BCUT2D eigenvalue weighted by Gasteiger charge is 2.26. The van der Waals surface area contributed by atoms with Crippen LogP contribution in [0, 0.1) is 0 Å². The van der Waals surface area contributed by atoms with Crippen LogP contribution in [0.25, 0.3) is 0 Å². The van der Waals surface area contributed by atoms with Crippen LogP contribution in [0.4, 0.5) is 11.8 Å². The van der Waals surface area contributed by atoms with Gasteiger partial charge in [0.25, 0.3) is 0 Å². The van der Waals surface area contributed by atoms with E-state index >= 15 is 0 Å². The molecule has 1 amide bonds. The molecule has 3 heterocycles. The van der Waals surface area contributed by atoms with Crippen molar-refractivity contribution in [2.24, 2.45) is 0 Å². The molecule has 0 radical (unpaired) electrons. The van der Waals surface area contributed by atoms with Gasteiger partial charge in [0.2, 0.25) is 11.9 Å². The van der Waals surface area contributed by atoms with Gasteiger partial charge in [-0.1, -0.05) is 0 Å². The molecule has 1 aliphatic rings. The van der Waals surface area contributed by atoms with E-state index in [1.165, 1.54) is 0 Å². The maximum atomic E-state index is 11.4. The molecule has 1 aliphatic heterocycles. The number of rotatable bonds is 3. The Balaban J connectivity index is 1.73. The Morgan fingerprint density at radius 2 is 2.24 bits per heavy atom. The van der Waals surface area contributed by atoms with E-state index < -0.39 is 0 Å². The van der Waals surface area contributed by atoms with Crippen molar-refractivity contribution in [2.75, 3.05) is 18.4 Å². The van der Waals surface area contributed by atoms with Crippen LogP contribution in [0.5, 0.6) is 0 Å². The highest BCUT2D eigenvalue weighted by atomic mass is 16.2. The third kappa shape index (κ3) is 3.13. The largest absolute Gasteiger partial charge is 0.342 e. The van der Waals surface area contributed by atoms with E-state index in [2.05, 4.69) is 25.3 Å². The van der Waals surface area contributed by atoms with Gasteiger partial charge in [-0.3, -0.25) is 9.78 Å². The van der Waals surface area contributed by atoms with E-state index in [4.69, 9.17) is 0 Å². The van der Waals surface area contributed by atoms with Crippen LogP contribution < -0.4 is 5.32 Å². The summed E-state index contributed by atoms with van der Waals surface area (Å²) in [4.78, 5) is 30.1. The van der Waals surface area contributed by atoms with Crippen LogP contribution >= 0.6 is 0 Å². The molecule has 7 nitrogen and oxygen atoms in total. The van der Waals surface area contributed by atoms with Gasteiger partial charge in [0.05, 0.1) is 11.9 Å². The number of amides is 1. The van der Waals surface area contributed by atoms with Gasteiger partial charge in [0.15, 0.2) is 5.82 Å². The predicted octanol–water partition coefficient (Wildman–Crippen LogP) is 1.35. The fourth-order valence-corrected chi connectivity index (χ4v) is 2.43. The second-order valence-electron chi connectivity index (χ2n) is 4.97. The summed E-state index contributed by atoms with van der Waals surface area (Å²) in [6, 6.07) is 1.90. The van der Waals surface area contributed by atoms with Crippen LogP contribution in [0.1, 0.15) is 25.0 Å². The lowest BCUT2D eigenvalue weighted by Crippen LogP contribution is -2.25. The lowest BCUT2D eigenvalue weighted by Gasteiger charge is -2.14. The molecule has 0 aromatic carbocycles. The first kappa shape index (κ1) is 13.4. The summed E-state index contributed by atoms with van der Waals surface area (Å²) in [6.45, 7) is 3.11. The van der Waals surface area contributed by atoms with Gasteiger partial charge in [-0.15, -0.1) is 0 Å². The number of carbonyl (C=O) groups excluding carboxylic acids is 1. The minimum Gasteiger partial charge on any atom is -0.342 e. The van der Waals surface area contributed by atoms with Crippen molar-refractivity contribution in [3.05, 3.63) is 36.5 Å². The maximum absolute atomic E-state index is 11.4. The van der Waals surface area contributed by atoms with Crippen molar-refractivity contribution in [2.45, 2.75) is 19.3 Å². The van der Waals surface area contributed by atoms with Gasteiger partial charge in [0.1, 0.15) is 0 Å². The van der Waals surface area contributed by atoms with Crippen molar-refractivity contribution in [1.29, 1.82) is 0 Å². The third-order valence-electron chi connectivity index (χ3n) is 3.53. The van der Waals surface area contributed by atoms with Gasteiger partial charge in [0, 0.05) is 44.5 Å². The number of likely N-dealkylation sites (tertiary alicyclic amines) is 1. The Hall–Kier alpha value is -2.57. The first-order valence-corrected chi connectivity index (χ1v) is 6.84. The second-order valence-corrected chi connectivity index (χ2v) is 4.97. The Bertz CT molecular complexity index is 632. The molecule has 1 fully saturated rings. The van der Waals surface area contributed by atoms with Crippen molar-refractivity contribution < 1.29 is 4.79 Å². The number of nitrogens with zero attached hydrogens (tertiary/aromatic N) is 5. The summed E-state index contributed by atoms with van der Waals surface area (Å²) < 4.78 is 0. The smallest absolute Gasteiger partial charge is 0.228 e. The Morgan fingerprint density at radius 3 is 2.95 bits per heavy atom. The van der Waals surface area contributed by atoms with Crippen LogP contribution in [-0.4, -0.2) is 43.8 Å². The minimum atomic E-state index is 0.115. The van der Waals surface area contributed by atoms with Gasteiger partial charge >= 0.3 is 0 Å². The number of aromatic nitrogens is 4. The highest BCUT2D eigenvalue weighted by Crippen LogP contribution is 2.26. The van der Waals surface area contributed by atoms with E-state index in [0.717, 1.165) is 25.2 Å². The Labute approximate surface area is 122 Å². The monoisotopic (exact) mass is 284 g/mol. The molecule has 0 aliphatic carbocycles. The van der Waals surface area contributed by atoms with Crippen molar-refractivity contribution in [1.82, 2.24) is 24.8 Å². The molecule has 2 aromatic heterocycles. The maximum Gasteiger partial charge on any atom is 0.228 e. The first-order chi connectivity index (χ1) is 10.2. The number of hydrogen-bond acceptors (Lipinski definition) is 6. The molecule has 3 rings (SSSR count). The van der Waals surface area contributed by atoms with Crippen LogP contribution in [-0.2, 0) is 4.79 Å². The van der Waals surface area contributed by atoms with E-state index in [-0.39, 0.29) is 11.8 Å².